The molecule has 0 aliphatic carbocycles. The zero-order chi connectivity index (χ0) is 28.5. The number of rotatable bonds is 7. The topological polar surface area (TPSA) is 69.1 Å². The lowest BCUT2D eigenvalue weighted by molar-refractivity contribution is -0.143. The number of carbonyl (C=O) groups excluding carboxylic acids is 1. The quantitative estimate of drug-likeness (QED) is 0.249. The van der Waals surface area contributed by atoms with Gasteiger partial charge in [0, 0.05) is 30.9 Å². The fourth-order valence-corrected chi connectivity index (χ4v) is 4.10. The molecule has 0 bridgehead atoms. The molecule has 0 spiro atoms. The number of carbonyl (C=O) groups is 1. The van der Waals surface area contributed by atoms with Crippen molar-refractivity contribution in [2.45, 2.75) is 38.5 Å². The first kappa shape index (κ1) is 28.7. The van der Waals surface area contributed by atoms with E-state index in [1.54, 1.807) is 30.3 Å². The minimum atomic E-state index is -5.05. The van der Waals surface area contributed by atoms with Crippen molar-refractivity contribution in [1.82, 2.24) is 4.98 Å². The zero-order valence-corrected chi connectivity index (χ0v) is 21.1. The van der Waals surface area contributed by atoms with Crippen molar-refractivity contribution in [2.24, 2.45) is 0 Å². The number of alkyl halides is 6. The van der Waals surface area contributed by atoms with Crippen molar-refractivity contribution in [1.29, 1.82) is 5.41 Å². The summed E-state index contributed by atoms with van der Waals surface area (Å²) < 4.78 is 80.9. The summed E-state index contributed by atoms with van der Waals surface area (Å²) >= 11 is 0. The van der Waals surface area contributed by atoms with Gasteiger partial charge in [-0.15, -0.1) is 0 Å². The van der Waals surface area contributed by atoms with Gasteiger partial charge in [-0.1, -0.05) is 30.3 Å². The smallest absolute Gasteiger partial charge is 0.370 e. The van der Waals surface area contributed by atoms with Crippen LogP contribution in [0.5, 0.6) is 0 Å². The van der Waals surface area contributed by atoms with Crippen molar-refractivity contribution in [3.63, 3.8) is 0 Å². The van der Waals surface area contributed by atoms with E-state index in [9.17, 15) is 31.1 Å². The molecule has 0 fully saturated rings. The Kier molecular flexibility index (Phi) is 7.90. The van der Waals surface area contributed by atoms with Crippen LogP contribution in [-0.2, 0) is 22.6 Å². The SMILES string of the molecule is CCNc1ncc(N(C)C(=O)C(C)(C)c2cc(C(F)(F)F)cc(C(F)(F)F)c2)c(-c2ccccc2)c1C=N. The fraction of sp³-hybridized carbons (Fsp3) is 0.296. The lowest BCUT2D eigenvalue weighted by Gasteiger charge is -2.32. The van der Waals surface area contributed by atoms with E-state index in [0.717, 1.165) is 11.1 Å². The molecule has 11 heteroatoms. The molecule has 0 saturated heterocycles. The van der Waals surface area contributed by atoms with Crippen molar-refractivity contribution in [3.8, 4) is 11.1 Å². The molecule has 0 radical (unpaired) electrons. The number of hydrogen-bond acceptors (Lipinski definition) is 4. The molecule has 1 amide bonds. The molecule has 0 atom stereocenters. The lowest BCUT2D eigenvalue weighted by Crippen LogP contribution is -2.42. The minimum absolute atomic E-state index is 0.0288. The Bertz CT molecular complexity index is 1300. The summed E-state index contributed by atoms with van der Waals surface area (Å²) in [6.07, 6.45) is -7.64. The van der Waals surface area contributed by atoms with Crippen LogP contribution >= 0.6 is 0 Å². The third kappa shape index (κ3) is 5.66. The van der Waals surface area contributed by atoms with Crippen LogP contribution in [0.25, 0.3) is 11.1 Å². The van der Waals surface area contributed by atoms with Gasteiger partial charge in [-0.05, 0) is 50.1 Å². The summed E-state index contributed by atoms with van der Waals surface area (Å²) in [5.74, 6) is -0.381. The molecule has 3 rings (SSSR count). The van der Waals surface area contributed by atoms with Gasteiger partial charge in [0.1, 0.15) is 5.82 Å². The van der Waals surface area contributed by atoms with Gasteiger partial charge in [0.2, 0.25) is 5.91 Å². The maximum absolute atomic E-state index is 13.7. The van der Waals surface area contributed by atoms with Crippen molar-refractivity contribution in [3.05, 3.63) is 77.0 Å². The van der Waals surface area contributed by atoms with Crippen LogP contribution in [0.2, 0.25) is 0 Å². The number of aromatic nitrogens is 1. The highest BCUT2D eigenvalue weighted by Gasteiger charge is 2.41. The second kappa shape index (κ2) is 10.5. The first-order valence-electron chi connectivity index (χ1n) is 11.5. The largest absolute Gasteiger partial charge is 0.416 e. The van der Waals surface area contributed by atoms with Crippen molar-refractivity contribution < 1.29 is 31.1 Å². The Morgan fingerprint density at radius 1 is 0.974 bits per heavy atom. The van der Waals surface area contributed by atoms with E-state index in [1.807, 2.05) is 6.92 Å². The molecule has 1 heterocycles. The first-order valence-corrected chi connectivity index (χ1v) is 11.5. The highest BCUT2D eigenvalue weighted by Crippen LogP contribution is 2.41. The van der Waals surface area contributed by atoms with Crippen LogP contribution in [0.1, 0.15) is 43.0 Å². The fourth-order valence-electron chi connectivity index (χ4n) is 4.10. The van der Waals surface area contributed by atoms with E-state index >= 15 is 0 Å². The van der Waals surface area contributed by atoms with Gasteiger partial charge < -0.3 is 15.6 Å². The predicted molar refractivity (Wildman–Crippen MR) is 135 cm³/mol. The Balaban J connectivity index is 2.20. The van der Waals surface area contributed by atoms with E-state index < -0.39 is 40.4 Å². The molecule has 0 aliphatic rings. The summed E-state index contributed by atoms with van der Waals surface area (Å²) in [6.45, 7) is 4.87. The van der Waals surface area contributed by atoms with E-state index in [0.29, 0.717) is 41.2 Å². The lowest BCUT2D eigenvalue weighted by atomic mass is 9.81. The van der Waals surface area contributed by atoms with Crippen LogP contribution in [0, 0.1) is 5.41 Å². The van der Waals surface area contributed by atoms with Gasteiger partial charge in [0.25, 0.3) is 0 Å². The third-order valence-corrected chi connectivity index (χ3v) is 6.16. The number of halogens is 6. The second-order valence-electron chi connectivity index (χ2n) is 9.11. The van der Waals surface area contributed by atoms with Crippen LogP contribution in [0.3, 0.4) is 0 Å². The van der Waals surface area contributed by atoms with Gasteiger partial charge in [-0.3, -0.25) is 4.79 Å². The molecule has 202 valence electrons. The molecule has 3 aromatic rings. The molecular formula is C27H26F6N4O. The van der Waals surface area contributed by atoms with Crippen LogP contribution in [0.15, 0.2) is 54.7 Å². The molecule has 0 saturated carbocycles. The van der Waals surface area contributed by atoms with Crippen molar-refractivity contribution in [2.75, 3.05) is 23.8 Å². The van der Waals surface area contributed by atoms with Crippen molar-refractivity contribution >= 4 is 23.6 Å². The van der Waals surface area contributed by atoms with E-state index in [2.05, 4.69) is 10.3 Å². The number of nitrogens with one attached hydrogen (secondary N) is 2. The molecule has 0 unspecified atom stereocenters. The summed E-state index contributed by atoms with van der Waals surface area (Å²) in [6, 6.07) is 9.97. The summed E-state index contributed by atoms with van der Waals surface area (Å²) in [4.78, 5) is 19.2. The summed E-state index contributed by atoms with van der Waals surface area (Å²) in [5.41, 5.74) is -3.55. The normalized spacial score (nSPS) is 12.3. The number of benzene rings is 2. The maximum Gasteiger partial charge on any atom is 0.416 e. The first-order chi connectivity index (χ1) is 17.6. The van der Waals surface area contributed by atoms with E-state index in [-0.39, 0.29) is 11.8 Å². The van der Waals surface area contributed by atoms with Gasteiger partial charge >= 0.3 is 12.4 Å². The van der Waals surface area contributed by atoms with E-state index in [1.165, 1.54) is 27.1 Å². The molecule has 2 N–H and O–H groups in total. The summed E-state index contributed by atoms with van der Waals surface area (Å²) in [7, 11) is 1.37. The molecule has 38 heavy (non-hydrogen) atoms. The number of anilines is 2. The number of amides is 1. The standard InChI is InChI=1S/C27H26F6N4O/c1-5-35-23-20(14-34)22(16-9-7-6-8-10-16)21(15-36-23)37(4)24(38)25(2,3)17-11-18(26(28,29)30)13-19(12-17)27(31,32)33/h6-15,34H,5H2,1-4H3,(H,35,36). The van der Waals surface area contributed by atoms with Gasteiger partial charge in [-0.25, -0.2) is 4.98 Å². The third-order valence-electron chi connectivity index (χ3n) is 6.16. The Labute approximate surface area is 216 Å². The Morgan fingerprint density at radius 2 is 1.50 bits per heavy atom. The maximum atomic E-state index is 13.7. The second-order valence-corrected chi connectivity index (χ2v) is 9.11. The minimum Gasteiger partial charge on any atom is -0.370 e. The number of pyridine rings is 1. The van der Waals surface area contributed by atoms with Crippen LogP contribution in [0.4, 0.5) is 37.8 Å². The monoisotopic (exact) mass is 536 g/mol. The predicted octanol–water partition coefficient (Wildman–Crippen LogP) is 7.16. The van der Waals surface area contributed by atoms with Gasteiger partial charge in [-0.2, -0.15) is 26.3 Å². The molecular weight excluding hydrogens is 510 g/mol. The van der Waals surface area contributed by atoms with E-state index in [4.69, 9.17) is 5.41 Å². The average molecular weight is 537 g/mol. The highest BCUT2D eigenvalue weighted by atomic mass is 19.4. The molecule has 5 nitrogen and oxygen atoms in total. The number of hydrogen-bond donors (Lipinski definition) is 2. The van der Waals surface area contributed by atoms with Crippen LogP contribution < -0.4 is 10.2 Å². The highest BCUT2D eigenvalue weighted by molar-refractivity contribution is 6.07. The van der Waals surface area contributed by atoms with Crippen LogP contribution in [-0.4, -0.2) is 30.7 Å². The number of likely N-dealkylation sites (N-methyl/N-ethyl adjacent to an activating group) is 1. The molecule has 1 aromatic heterocycles. The zero-order valence-electron chi connectivity index (χ0n) is 21.1. The molecule has 2 aromatic carbocycles. The Hall–Kier alpha value is -3.89. The Morgan fingerprint density at radius 3 is 1.97 bits per heavy atom. The number of nitrogens with zero attached hydrogens (tertiary/aromatic N) is 2. The molecule has 0 aliphatic heterocycles. The summed E-state index contributed by atoms with van der Waals surface area (Å²) in [5, 5.41) is 11.0. The van der Waals surface area contributed by atoms with Gasteiger partial charge in [0.05, 0.1) is 28.4 Å². The average Bonchev–Trinajstić information content (AvgIpc) is 2.86. The van der Waals surface area contributed by atoms with Gasteiger partial charge in [0.15, 0.2) is 0 Å².